The molecule has 0 aliphatic heterocycles. The summed E-state index contributed by atoms with van der Waals surface area (Å²) >= 11 is 9.06. The minimum atomic E-state index is -0.295. The van der Waals surface area contributed by atoms with Gasteiger partial charge in [-0.25, -0.2) is 9.37 Å². The Morgan fingerprint density at radius 1 is 1.35 bits per heavy atom. The lowest BCUT2D eigenvalue weighted by atomic mass is 10.1. The van der Waals surface area contributed by atoms with Crippen molar-refractivity contribution in [3.05, 3.63) is 56.9 Å². The van der Waals surface area contributed by atoms with Crippen molar-refractivity contribution in [3.8, 4) is 0 Å². The highest BCUT2D eigenvalue weighted by atomic mass is 79.9. The molecular formula is C12H9BrClFN2. The van der Waals surface area contributed by atoms with Crippen molar-refractivity contribution in [2.24, 2.45) is 0 Å². The van der Waals surface area contributed by atoms with Gasteiger partial charge < -0.3 is 5.73 Å². The lowest BCUT2D eigenvalue weighted by Gasteiger charge is -2.07. The van der Waals surface area contributed by atoms with Crippen molar-refractivity contribution in [1.82, 2.24) is 4.98 Å². The van der Waals surface area contributed by atoms with E-state index in [0.717, 1.165) is 11.1 Å². The van der Waals surface area contributed by atoms with Gasteiger partial charge in [-0.05, 0) is 33.6 Å². The van der Waals surface area contributed by atoms with Crippen LogP contribution < -0.4 is 5.73 Å². The monoisotopic (exact) mass is 314 g/mol. The molecule has 0 radical (unpaired) electrons. The first kappa shape index (κ1) is 12.3. The first-order valence-corrected chi connectivity index (χ1v) is 6.08. The quantitative estimate of drug-likeness (QED) is 0.915. The second-order valence-corrected chi connectivity index (χ2v) is 4.82. The summed E-state index contributed by atoms with van der Waals surface area (Å²) < 4.78 is 13.8. The van der Waals surface area contributed by atoms with Crippen LogP contribution in [0.4, 0.5) is 10.2 Å². The fraction of sp³-hybridized carbons (Fsp3) is 0.0833. The summed E-state index contributed by atoms with van der Waals surface area (Å²) in [5.74, 6) is 0.113. The number of benzene rings is 1. The molecule has 2 N–H and O–H groups in total. The highest BCUT2D eigenvalue weighted by Gasteiger charge is 2.08. The van der Waals surface area contributed by atoms with Crippen LogP contribution in [0.25, 0.3) is 0 Å². The van der Waals surface area contributed by atoms with Crippen molar-refractivity contribution in [3.63, 3.8) is 0 Å². The van der Waals surface area contributed by atoms with E-state index in [-0.39, 0.29) is 5.82 Å². The van der Waals surface area contributed by atoms with Gasteiger partial charge in [0, 0.05) is 18.2 Å². The molecule has 2 aromatic rings. The molecule has 0 amide bonds. The summed E-state index contributed by atoms with van der Waals surface area (Å²) in [5.41, 5.74) is 7.33. The molecule has 0 unspecified atom stereocenters. The molecule has 0 aliphatic carbocycles. The van der Waals surface area contributed by atoms with Gasteiger partial charge in [-0.2, -0.15) is 0 Å². The largest absolute Gasteiger partial charge is 0.383 e. The van der Waals surface area contributed by atoms with E-state index < -0.39 is 0 Å². The SMILES string of the molecule is Nc1ncc(Cl)cc1Cc1cccc(F)c1Br. The van der Waals surface area contributed by atoms with Crippen LogP contribution in [0.15, 0.2) is 34.9 Å². The molecule has 2 rings (SSSR count). The fourth-order valence-electron chi connectivity index (χ4n) is 1.52. The topological polar surface area (TPSA) is 38.9 Å². The Morgan fingerprint density at radius 3 is 2.88 bits per heavy atom. The van der Waals surface area contributed by atoms with Gasteiger partial charge in [0.1, 0.15) is 11.6 Å². The first-order valence-electron chi connectivity index (χ1n) is 4.90. The van der Waals surface area contributed by atoms with Crippen LogP contribution in [0, 0.1) is 5.82 Å². The van der Waals surface area contributed by atoms with E-state index in [9.17, 15) is 4.39 Å². The average molecular weight is 316 g/mol. The number of pyridine rings is 1. The summed E-state index contributed by atoms with van der Waals surface area (Å²) in [6.45, 7) is 0. The molecule has 0 bridgehead atoms. The lowest BCUT2D eigenvalue weighted by Crippen LogP contribution is -1.99. The lowest BCUT2D eigenvalue weighted by molar-refractivity contribution is 0.619. The van der Waals surface area contributed by atoms with Crippen LogP contribution in [0.5, 0.6) is 0 Å². The Labute approximate surface area is 112 Å². The Morgan fingerprint density at radius 2 is 2.12 bits per heavy atom. The number of aromatic nitrogens is 1. The van der Waals surface area contributed by atoms with Crippen LogP contribution in [0.2, 0.25) is 5.02 Å². The van der Waals surface area contributed by atoms with Gasteiger partial charge in [0.25, 0.3) is 0 Å². The van der Waals surface area contributed by atoms with Crippen LogP contribution in [0.1, 0.15) is 11.1 Å². The van der Waals surface area contributed by atoms with Gasteiger partial charge in [0.15, 0.2) is 0 Å². The highest BCUT2D eigenvalue weighted by molar-refractivity contribution is 9.10. The Hall–Kier alpha value is -1.13. The zero-order chi connectivity index (χ0) is 12.4. The smallest absolute Gasteiger partial charge is 0.137 e. The second-order valence-electron chi connectivity index (χ2n) is 3.59. The number of hydrogen-bond donors (Lipinski definition) is 1. The van der Waals surface area contributed by atoms with E-state index in [1.54, 1.807) is 12.1 Å². The summed E-state index contributed by atoms with van der Waals surface area (Å²) in [6.07, 6.45) is 1.97. The van der Waals surface area contributed by atoms with E-state index in [2.05, 4.69) is 20.9 Å². The highest BCUT2D eigenvalue weighted by Crippen LogP contribution is 2.25. The van der Waals surface area contributed by atoms with Crippen molar-refractivity contribution in [1.29, 1.82) is 0 Å². The maximum atomic E-state index is 13.3. The number of nitrogen functional groups attached to an aromatic ring is 1. The zero-order valence-corrected chi connectivity index (χ0v) is 11.1. The van der Waals surface area contributed by atoms with Gasteiger partial charge in [-0.3, -0.25) is 0 Å². The van der Waals surface area contributed by atoms with Crippen molar-refractivity contribution in [2.75, 3.05) is 5.73 Å². The predicted octanol–water partition coefficient (Wildman–Crippen LogP) is 3.81. The number of halogens is 3. The summed E-state index contributed by atoms with van der Waals surface area (Å²) in [5, 5.41) is 0.515. The Balaban J connectivity index is 2.38. The van der Waals surface area contributed by atoms with Gasteiger partial charge in [0.05, 0.1) is 9.50 Å². The molecule has 17 heavy (non-hydrogen) atoms. The van der Waals surface area contributed by atoms with E-state index >= 15 is 0 Å². The molecule has 1 aromatic carbocycles. The molecule has 1 aromatic heterocycles. The van der Waals surface area contributed by atoms with Gasteiger partial charge in [-0.15, -0.1) is 0 Å². The van der Waals surface area contributed by atoms with Crippen molar-refractivity contribution >= 4 is 33.3 Å². The van der Waals surface area contributed by atoms with Gasteiger partial charge in [-0.1, -0.05) is 23.7 Å². The zero-order valence-electron chi connectivity index (χ0n) is 8.75. The standard InChI is InChI=1S/C12H9BrClFN2/c13-11-7(2-1-3-10(11)15)4-8-5-9(14)6-17-12(8)16/h1-3,5-6H,4H2,(H2,16,17). The number of hydrogen-bond acceptors (Lipinski definition) is 2. The number of nitrogens with two attached hydrogens (primary N) is 1. The molecule has 0 fully saturated rings. The van der Waals surface area contributed by atoms with Crippen LogP contribution in [-0.4, -0.2) is 4.98 Å². The molecular weight excluding hydrogens is 307 g/mol. The van der Waals surface area contributed by atoms with E-state index in [0.29, 0.717) is 21.7 Å². The van der Waals surface area contributed by atoms with E-state index in [1.165, 1.54) is 12.3 Å². The average Bonchev–Trinajstić information content (AvgIpc) is 2.30. The Bertz CT molecular complexity index is 560. The van der Waals surface area contributed by atoms with Gasteiger partial charge >= 0.3 is 0 Å². The maximum Gasteiger partial charge on any atom is 0.137 e. The molecule has 1 heterocycles. The maximum absolute atomic E-state index is 13.3. The molecule has 0 aliphatic rings. The normalized spacial score (nSPS) is 10.5. The van der Waals surface area contributed by atoms with Crippen molar-refractivity contribution < 1.29 is 4.39 Å². The number of nitrogens with zero attached hydrogens (tertiary/aromatic N) is 1. The molecule has 88 valence electrons. The third kappa shape index (κ3) is 2.76. The summed E-state index contributed by atoms with van der Waals surface area (Å²) in [4.78, 5) is 3.96. The number of anilines is 1. The molecule has 0 atom stereocenters. The minimum absolute atomic E-state index is 0.295. The third-order valence-corrected chi connectivity index (χ3v) is 3.48. The van der Waals surface area contributed by atoms with E-state index in [1.807, 2.05) is 6.07 Å². The predicted molar refractivity (Wildman–Crippen MR) is 70.6 cm³/mol. The third-order valence-electron chi connectivity index (χ3n) is 2.38. The minimum Gasteiger partial charge on any atom is -0.383 e. The molecule has 0 saturated carbocycles. The van der Waals surface area contributed by atoms with Crippen LogP contribution in [-0.2, 0) is 6.42 Å². The Kier molecular flexibility index (Phi) is 3.64. The van der Waals surface area contributed by atoms with Crippen LogP contribution in [0.3, 0.4) is 0 Å². The number of rotatable bonds is 2. The second kappa shape index (κ2) is 5.02. The van der Waals surface area contributed by atoms with Crippen molar-refractivity contribution in [2.45, 2.75) is 6.42 Å². The molecule has 0 saturated heterocycles. The van der Waals surface area contributed by atoms with Gasteiger partial charge in [0.2, 0.25) is 0 Å². The molecule has 0 spiro atoms. The molecule has 2 nitrogen and oxygen atoms in total. The summed E-state index contributed by atoms with van der Waals surface area (Å²) in [7, 11) is 0. The fourth-order valence-corrected chi connectivity index (χ4v) is 2.11. The molecule has 5 heteroatoms. The van der Waals surface area contributed by atoms with E-state index in [4.69, 9.17) is 17.3 Å². The van der Waals surface area contributed by atoms with Crippen LogP contribution >= 0.6 is 27.5 Å². The summed E-state index contributed by atoms with van der Waals surface area (Å²) in [6, 6.07) is 6.62. The first-order chi connectivity index (χ1) is 8.08.